The molecule has 1 N–H and O–H groups in total. The number of nitrogens with one attached hydrogen (secondary N) is 1. The maximum atomic E-state index is 13.1. The maximum absolute atomic E-state index is 13.1. The van der Waals surface area contributed by atoms with Crippen LogP contribution in [-0.4, -0.2) is 31.7 Å². The van der Waals surface area contributed by atoms with Crippen molar-refractivity contribution in [1.82, 2.24) is 9.62 Å². The Bertz CT molecular complexity index is 1200. The number of halogens is 1. The molecule has 1 saturated heterocycles. The number of carbonyl (C=O) groups excluding carboxylic acids is 1. The molecule has 0 radical (unpaired) electrons. The van der Waals surface area contributed by atoms with Gasteiger partial charge < -0.3 is 5.32 Å². The normalized spacial score (nSPS) is 16.8. The Hall–Kier alpha value is -2.41. The van der Waals surface area contributed by atoms with Crippen molar-refractivity contribution in [3.05, 3.63) is 77.3 Å². The molecule has 1 heterocycles. The Morgan fingerprint density at radius 3 is 2.42 bits per heavy atom. The van der Waals surface area contributed by atoms with Gasteiger partial charge in [-0.1, -0.05) is 54.1 Å². The molecule has 5 nitrogen and oxygen atoms in total. The highest BCUT2D eigenvalue weighted by atomic mass is 35.5. The molecule has 0 bridgehead atoms. The molecule has 3 aromatic carbocycles. The van der Waals surface area contributed by atoms with E-state index in [0.717, 1.165) is 16.3 Å². The van der Waals surface area contributed by atoms with Crippen molar-refractivity contribution in [2.45, 2.75) is 30.7 Å². The van der Waals surface area contributed by atoms with Crippen molar-refractivity contribution in [2.24, 2.45) is 5.92 Å². The van der Waals surface area contributed by atoms with Gasteiger partial charge in [0.25, 0.3) is 0 Å². The molecule has 1 unspecified atom stereocenters. The third-order valence-electron chi connectivity index (χ3n) is 5.89. The fourth-order valence-corrected chi connectivity index (χ4v) is 5.73. The zero-order valence-corrected chi connectivity index (χ0v) is 18.9. The van der Waals surface area contributed by atoms with Gasteiger partial charge in [0.15, 0.2) is 0 Å². The van der Waals surface area contributed by atoms with E-state index >= 15 is 0 Å². The second kappa shape index (κ2) is 8.99. The van der Waals surface area contributed by atoms with Gasteiger partial charge >= 0.3 is 0 Å². The number of benzene rings is 3. The van der Waals surface area contributed by atoms with Gasteiger partial charge in [0.2, 0.25) is 15.9 Å². The van der Waals surface area contributed by atoms with Gasteiger partial charge in [-0.15, -0.1) is 0 Å². The summed E-state index contributed by atoms with van der Waals surface area (Å²) in [5.74, 6) is -0.250. The van der Waals surface area contributed by atoms with Crippen LogP contribution in [-0.2, 0) is 14.8 Å². The number of sulfonamides is 1. The molecule has 0 aliphatic carbocycles. The first-order chi connectivity index (χ1) is 14.8. The van der Waals surface area contributed by atoms with Crippen LogP contribution in [0.4, 0.5) is 0 Å². The number of amides is 1. The lowest BCUT2D eigenvalue weighted by Crippen LogP contribution is -2.43. The van der Waals surface area contributed by atoms with Crippen molar-refractivity contribution in [1.29, 1.82) is 0 Å². The Kier molecular flexibility index (Phi) is 6.32. The fraction of sp³-hybridized carbons (Fsp3) is 0.292. The zero-order chi connectivity index (χ0) is 22.0. The lowest BCUT2D eigenvalue weighted by molar-refractivity contribution is -0.126. The predicted octanol–water partition coefficient (Wildman–Crippen LogP) is 4.77. The minimum absolute atomic E-state index is 0.0461. The van der Waals surface area contributed by atoms with Crippen LogP contribution in [0.5, 0.6) is 0 Å². The number of carbonyl (C=O) groups is 1. The van der Waals surface area contributed by atoms with E-state index in [2.05, 4.69) is 5.32 Å². The van der Waals surface area contributed by atoms with Crippen LogP contribution in [0.3, 0.4) is 0 Å². The van der Waals surface area contributed by atoms with Gasteiger partial charge in [-0.2, -0.15) is 4.31 Å². The second-order valence-electron chi connectivity index (χ2n) is 7.97. The lowest BCUT2D eigenvalue weighted by atomic mass is 9.96. The van der Waals surface area contributed by atoms with Gasteiger partial charge in [0, 0.05) is 24.0 Å². The highest BCUT2D eigenvalue weighted by molar-refractivity contribution is 7.89. The standard InChI is InChI=1S/C24H25ClN2O3S/c1-17(20-7-4-8-22(25)15-20)26-24(28)19-11-13-27(14-12-19)31(29,30)23-10-9-18-5-2-3-6-21(18)16-23/h2-10,15-17,19H,11-14H2,1H3,(H,26,28). The molecule has 31 heavy (non-hydrogen) atoms. The average Bonchev–Trinajstić information content (AvgIpc) is 2.78. The fourth-order valence-electron chi connectivity index (χ4n) is 4.03. The van der Waals surface area contributed by atoms with Gasteiger partial charge in [-0.25, -0.2) is 8.42 Å². The van der Waals surface area contributed by atoms with Crippen LogP contribution in [0.1, 0.15) is 31.4 Å². The molecular formula is C24H25ClN2O3S. The molecule has 1 aliphatic heterocycles. The van der Waals surface area contributed by atoms with Crippen molar-refractivity contribution in [3.8, 4) is 0 Å². The van der Waals surface area contributed by atoms with E-state index in [1.165, 1.54) is 4.31 Å². The van der Waals surface area contributed by atoms with E-state index < -0.39 is 10.0 Å². The topological polar surface area (TPSA) is 66.5 Å². The minimum Gasteiger partial charge on any atom is -0.349 e. The van der Waals surface area contributed by atoms with E-state index in [1.54, 1.807) is 18.2 Å². The van der Waals surface area contributed by atoms with Crippen LogP contribution >= 0.6 is 11.6 Å². The van der Waals surface area contributed by atoms with E-state index in [4.69, 9.17) is 11.6 Å². The van der Waals surface area contributed by atoms with Crippen molar-refractivity contribution >= 4 is 38.3 Å². The lowest BCUT2D eigenvalue weighted by Gasteiger charge is -2.31. The Morgan fingerprint density at radius 1 is 1.00 bits per heavy atom. The summed E-state index contributed by atoms with van der Waals surface area (Å²) in [5.41, 5.74) is 0.942. The third kappa shape index (κ3) is 4.76. The van der Waals surface area contributed by atoms with Gasteiger partial charge in [0.1, 0.15) is 0 Å². The van der Waals surface area contributed by atoms with Gasteiger partial charge in [-0.3, -0.25) is 4.79 Å². The summed E-state index contributed by atoms with van der Waals surface area (Å²) < 4.78 is 27.7. The van der Waals surface area contributed by atoms with Crippen molar-refractivity contribution in [3.63, 3.8) is 0 Å². The monoisotopic (exact) mass is 456 g/mol. The van der Waals surface area contributed by atoms with Crippen LogP contribution in [0.2, 0.25) is 5.02 Å². The number of nitrogens with zero attached hydrogens (tertiary/aromatic N) is 1. The van der Waals surface area contributed by atoms with Crippen LogP contribution in [0, 0.1) is 5.92 Å². The average molecular weight is 457 g/mol. The van der Waals surface area contributed by atoms with Gasteiger partial charge in [0.05, 0.1) is 10.9 Å². The molecule has 0 saturated carbocycles. The Labute approximate surface area is 188 Å². The van der Waals surface area contributed by atoms with Crippen LogP contribution < -0.4 is 5.32 Å². The molecule has 1 atom stereocenters. The van der Waals surface area contributed by atoms with E-state index in [1.807, 2.05) is 55.5 Å². The smallest absolute Gasteiger partial charge is 0.243 e. The number of hydrogen-bond donors (Lipinski definition) is 1. The molecule has 4 rings (SSSR count). The Balaban J connectivity index is 1.39. The second-order valence-corrected chi connectivity index (χ2v) is 10.3. The summed E-state index contributed by atoms with van der Waals surface area (Å²) in [4.78, 5) is 13.0. The summed E-state index contributed by atoms with van der Waals surface area (Å²) in [7, 11) is -3.59. The molecule has 1 amide bonds. The molecular weight excluding hydrogens is 432 g/mol. The van der Waals surface area contributed by atoms with E-state index in [0.29, 0.717) is 35.8 Å². The molecule has 3 aromatic rings. The van der Waals surface area contributed by atoms with E-state index in [-0.39, 0.29) is 17.9 Å². The largest absolute Gasteiger partial charge is 0.349 e. The number of hydrogen-bond acceptors (Lipinski definition) is 3. The first kappa shape index (κ1) is 21.8. The molecule has 1 aliphatic rings. The quantitative estimate of drug-likeness (QED) is 0.601. The summed E-state index contributed by atoms with van der Waals surface area (Å²) in [6.07, 6.45) is 1.00. The van der Waals surface area contributed by atoms with E-state index in [9.17, 15) is 13.2 Å². The van der Waals surface area contributed by atoms with Crippen molar-refractivity contribution < 1.29 is 13.2 Å². The minimum atomic E-state index is -3.59. The van der Waals surface area contributed by atoms with Crippen LogP contribution in [0.15, 0.2) is 71.6 Å². The molecule has 162 valence electrons. The number of piperidine rings is 1. The van der Waals surface area contributed by atoms with Crippen LogP contribution in [0.25, 0.3) is 10.8 Å². The molecule has 0 aromatic heterocycles. The first-order valence-corrected chi connectivity index (χ1v) is 12.2. The zero-order valence-electron chi connectivity index (χ0n) is 17.3. The molecule has 0 spiro atoms. The Morgan fingerprint density at radius 2 is 1.71 bits per heavy atom. The summed E-state index contributed by atoms with van der Waals surface area (Å²) in [6.45, 7) is 2.58. The SMILES string of the molecule is CC(NC(=O)C1CCN(S(=O)(=O)c2ccc3ccccc3c2)CC1)c1cccc(Cl)c1. The third-order valence-corrected chi connectivity index (χ3v) is 8.02. The molecule has 7 heteroatoms. The first-order valence-electron chi connectivity index (χ1n) is 10.4. The highest BCUT2D eigenvalue weighted by Gasteiger charge is 2.32. The summed E-state index contributed by atoms with van der Waals surface area (Å²) in [6, 6.07) is 20.2. The highest BCUT2D eigenvalue weighted by Crippen LogP contribution is 2.27. The number of rotatable bonds is 5. The van der Waals surface area contributed by atoms with Crippen molar-refractivity contribution in [2.75, 3.05) is 13.1 Å². The summed E-state index contributed by atoms with van der Waals surface area (Å²) in [5, 5.41) is 5.56. The molecule has 1 fully saturated rings. The number of fused-ring (bicyclic) bond motifs is 1. The predicted molar refractivity (Wildman–Crippen MR) is 123 cm³/mol. The maximum Gasteiger partial charge on any atom is 0.243 e. The van der Waals surface area contributed by atoms with Gasteiger partial charge in [-0.05, 0) is 60.4 Å². The summed E-state index contributed by atoms with van der Waals surface area (Å²) >= 11 is 6.04.